The standard InChI is InChI=1S/C11H12FNO/c1-8-5-4-6-10(9(8)2)11(3,12)13-7-14/h4-6H,1-3H3. The molecule has 0 heterocycles. The topological polar surface area (TPSA) is 29.4 Å². The number of aryl methyl sites for hydroxylation is 1. The molecule has 0 aliphatic heterocycles. The number of rotatable bonds is 2. The molecule has 0 N–H and O–H groups in total. The van der Waals surface area contributed by atoms with E-state index < -0.39 is 5.79 Å². The van der Waals surface area contributed by atoms with E-state index in [0.29, 0.717) is 5.56 Å². The molecule has 0 fully saturated rings. The quantitative estimate of drug-likeness (QED) is 0.403. The molecule has 0 spiro atoms. The zero-order valence-corrected chi connectivity index (χ0v) is 8.47. The second-order valence-corrected chi connectivity index (χ2v) is 3.40. The van der Waals surface area contributed by atoms with Crippen LogP contribution in [0.3, 0.4) is 0 Å². The number of benzene rings is 1. The van der Waals surface area contributed by atoms with Gasteiger partial charge < -0.3 is 0 Å². The van der Waals surface area contributed by atoms with Gasteiger partial charge >= 0.3 is 0 Å². The normalized spacial score (nSPS) is 14.3. The van der Waals surface area contributed by atoms with E-state index in [4.69, 9.17) is 0 Å². The van der Waals surface area contributed by atoms with Crippen LogP contribution in [0, 0.1) is 13.8 Å². The van der Waals surface area contributed by atoms with Gasteiger partial charge in [0.15, 0.2) is 0 Å². The molecule has 14 heavy (non-hydrogen) atoms. The second-order valence-electron chi connectivity index (χ2n) is 3.40. The molecular weight excluding hydrogens is 181 g/mol. The number of hydrogen-bond acceptors (Lipinski definition) is 2. The smallest absolute Gasteiger partial charge is 0.212 e. The maximum atomic E-state index is 13.8. The van der Waals surface area contributed by atoms with Gasteiger partial charge in [-0.05, 0) is 31.9 Å². The fourth-order valence-electron chi connectivity index (χ4n) is 1.39. The lowest BCUT2D eigenvalue weighted by molar-refractivity contribution is 0.205. The first-order valence-electron chi connectivity index (χ1n) is 4.33. The van der Waals surface area contributed by atoms with E-state index in [1.807, 2.05) is 19.9 Å². The van der Waals surface area contributed by atoms with E-state index in [-0.39, 0.29) is 0 Å². The van der Waals surface area contributed by atoms with Gasteiger partial charge in [-0.3, -0.25) is 0 Å². The Bertz CT molecular complexity index is 392. The van der Waals surface area contributed by atoms with Crippen LogP contribution in [-0.4, -0.2) is 6.08 Å². The summed E-state index contributed by atoms with van der Waals surface area (Å²) in [6.07, 6.45) is 1.25. The van der Waals surface area contributed by atoms with Crippen molar-refractivity contribution in [3.8, 4) is 0 Å². The first-order valence-corrected chi connectivity index (χ1v) is 4.33. The van der Waals surface area contributed by atoms with Gasteiger partial charge in [0.05, 0.1) is 0 Å². The summed E-state index contributed by atoms with van der Waals surface area (Å²) < 4.78 is 13.8. The fraction of sp³-hybridized carbons (Fsp3) is 0.364. The highest BCUT2D eigenvalue weighted by molar-refractivity contribution is 5.41. The van der Waals surface area contributed by atoms with Crippen molar-refractivity contribution in [3.63, 3.8) is 0 Å². The minimum Gasteiger partial charge on any atom is -0.212 e. The van der Waals surface area contributed by atoms with Gasteiger partial charge in [0.25, 0.3) is 0 Å². The Morgan fingerprint density at radius 3 is 2.64 bits per heavy atom. The van der Waals surface area contributed by atoms with Crippen LogP contribution in [-0.2, 0) is 10.6 Å². The number of nitrogens with zero attached hydrogens (tertiary/aromatic N) is 1. The third-order valence-corrected chi connectivity index (χ3v) is 2.35. The lowest BCUT2D eigenvalue weighted by Crippen LogP contribution is -2.13. The van der Waals surface area contributed by atoms with Crippen LogP contribution in [0.1, 0.15) is 23.6 Å². The minimum absolute atomic E-state index is 0.417. The van der Waals surface area contributed by atoms with Crippen molar-refractivity contribution < 1.29 is 9.18 Å². The Morgan fingerprint density at radius 2 is 2.07 bits per heavy atom. The Morgan fingerprint density at radius 1 is 1.43 bits per heavy atom. The maximum Gasteiger partial charge on any atom is 0.238 e. The summed E-state index contributed by atoms with van der Waals surface area (Å²) in [6.45, 7) is 4.95. The van der Waals surface area contributed by atoms with E-state index in [1.165, 1.54) is 13.0 Å². The number of carbonyl (C=O) groups excluding carboxylic acids is 1. The highest BCUT2D eigenvalue weighted by Crippen LogP contribution is 2.30. The second kappa shape index (κ2) is 3.72. The van der Waals surface area contributed by atoms with Crippen LogP contribution in [0.2, 0.25) is 0 Å². The van der Waals surface area contributed by atoms with Crippen molar-refractivity contribution in [2.45, 2.75) is 26.6 Å². The van der Waals surface area contributed by atoms with E-state index in [9.17, 15) is 9.18 Å². The Kier molecular flexibility index (Phi) is 2.82. The van der Waals surface area contributed by atoms with Crippen molar-refractivity contribution in [1.29, 1.82) is 0 Å². The molecular formula is C11H12FNO. The average Bonchev–Trinajstić information content (AvgIpc) is 2.09. The number of aliphatic imine (C=N–C) groups is 1. The van der Waals surface area contributed by atoms with Gasteiger partial charge in [-0.2, -0.15) is 4.99 Å². The van der Waals surface area contributed by atoms with Crippen LogP contribution in [0.5, 0.6) is 0 Å². The predicted octanol–water partition coefficient (Wildman–Crippen LogP) is 2.78. The first-order chi connectivity index (χ1) is 6.49. The van der Waals surface area contributed by atoms with Gasteiger partial charge in [0.1, 0.15) is 0 Å². The maximum absolute atomic E-state index is 13.8. The largest absolute Gasteiger partial charge is 0.238 e. The van der Waals surface area contributed by atoms with Gasteiger partial charge in [-0.15, -0.1) is 0 Å². The van der Waals surface area contributed by atoms with Crippen LogP contribution in [0.4, 0.5) is 4.39 Å². The third kappa shape index (κ3) is 1.88. The number of halogens is 1. The zero-order valence-electron chi connectivity index (χ0n) is 8.47. The van der Waals surface area contributed by atoms with Crippen molar-refractivity contribution in [2.75, 3.05) is 0 Å². The summed E-state index contributed by atoms with van der Waals surface area (Å²) in [5.74, 6) is -1.97. The molecule has 1 unspecified atom stereocenters. The fourth-order valence-corrected chi connectivity index (χ4v) is 1.39. The molecule has 0 saturated heterocycles. The minimum atomic E-state index is -1.97. The summed E-state index contributed by atoms with van der Waals surface area (Å²) in [7, 11) is 0. The predicted molar refractivity (Wildman–Crippen MR) is 52.5 cm³/mol. The van der Waals surface area contributed by atoms with E-state index in [2.05, 4.69) is 4.99 Å². The van der Waals surface area contributed by atoms with E-state index in [0.717, 1.165) is 11.1 Å². The molecule has 0 aliphatic rings. The summed E-state index contributed by atoms with van der Waals surface area (Å²) in [4.78, 5) is 13.2. The van der Waals surface area contributed by atoms with Crippen LogP contribution in [0.25, 0.3) is 0 Å². The Hall–Kier alpha value is -1.47. The summed E-state index contributed by atoms with van der Waals surface area (Å²) >= 11 is 0. The van der Waals surface area contributed by atoms with Crippen molar-refractivity contribution in [1.82, 2.24) is 0 Å². The monoisotopic (exact) mass is 193 g/mol. The molecule has 74 valence electrons. The molecule has 1 atom stereocenters. The van der Waals surface area contributed by atoms with Gasteiger partial charge in [0.2, 0.25) is 11.9 Å². The molecule has 3 heteroatoms. The van der Waals surface area contributed by atoms with Crippen LogP contribution < -0.4 is 0 Å². The van der Waals surface area contributed by atoms with E-state index in [1.54, 1.807) is 12.1 Å². The number of alkyl halides is 1. The number of isocyanates is 1. The SMILES string of the molecule is Cc1cccc(C(C)(F)N=C=O)c1C. The van der Waals surface area contributed by atoms with Gasteiger partial charge in [-0.1, -0.05) is 18.2 Å². The van der Waals surface area contributed by atoms with E-state index >= 15 is 0 Å². The van der Waals surface area contributed by atoms with Crippen LogP contribution >= 0.6 is 0 Å². The van der Waals surface area contributed by atoms with Gasteiger partial charge in [0, 0.05) is 5.56 Å². The number of hydrogen-bond donors (Lipinski definition) is 0. The summed E-state index contributed by atoms with van der Waals surface area (Å²) in [6, 6.07) is 5.26. The average molecular weight is 193 g/mol. The van der Waals surface area contributed by atoms with Gasteiger partial charge in [-0.25, -0.2) is 9.18 Å². The molecule has 1 rings (SSSR count). The first kappa shape index (κ1) is 10.6. The van der Waals surface area contributed by atoms with Crippen molar-refractivity contribution in [2.24, 2.45) is 4.99 Å². The molecule has 0 aromatic heterocycles. The van der Waals surface area contributed by atoms with Crippen LogP contribution in [0.15, 0.2) is 23.2 Å². The molecule has 1 aromatic rings. The highest BCUT2D eigenvalue weighted by atomic mass is 19.1. The zero-order chi connectivity index (χ0) is 10.8. The molecule has 0 aliphatic carbocycles. The lowest BCUT2D eigenvalue weighted by atomic mass is 9.97. The Labute approximate surface area is 82.5 Å². The molecule has 0 bridgehead atoms. The molecule has 0 saturated carbocycles. The highest BCUT2D eigenvalue weighted by Gasteiger charge is 2.26. The molecule has 1 aromatic carbocycles. The molecule has 2 nitrogen and oxygen atoms in total. The third-order valence-electron chi connectivity index (χ3n) is 2.35. The Balaban J connectivity index is 3.32. The van der Waals surface area contributed by atoms with Crippen molar-refractivity contribution in [3.05, 3.63) is 34.9 Å². The summed E-state index contributed by atoms with van der Waals surface area (Å²) in [5, 5.41) is 0. The van der Waals surface area contributed by atoms with Crippen molar-refractivity contribution >= 4 is 6.08 Å². The molecule has 0 radical (unpaired) electrons. The lowest BCUT2D eigenvalue weighted by Gasteiger charge is -2.17. The molecule has 0 amide bonds. The summed E-state index contributed by atoms with van der Waals surface area (Å²) in [5.41, 5.74) is 2.21.